The predicted octanol–water partition coefficient (Wildman–Crippen LogP) is 4.32. The monoisotopic (exact) mass is 365 g/mol. The Labute approximate surface area is 160 Å². The summed E-state index contributed by atoms with van der Waals surface area (Å²) in [5.74, 6) is 1.70. The summed E-state index contributed by atoms with van der Waals surface area (Å²) in [4.78, 5) is 17.2. The van der Waals surface area contributed by atoms with Crippen LogP contribution in [0.25, 0.3) is 11.0 Å². The standard InChI is InChI=1S/C22H27N3O2/c1-15(23-21(26)22(2,3)4)20-24-18-8-6-7-9-19(18)25(20)14-16-10-12-17(27-5)13-11-16/h6-13,15H,14H2,1-5H3,(H,23,26). The van der Waals surface area contributed by atoms with E-state index in [0.717, 1.165) is 28.2 Å². The molecule has 0 aliphatic heterocycles. The quantitative estimate of drug-likeness (QED) is 0.733. The Morgan fingerprint density at radius 1 is 1.15 bits per heavy atom. The van der Waals surface area contributed by atoms with Gasteiger partial charge in [-0.25, -0.2) is 4.98 Å². The molecule has 5 heteroatoms. The molecule has 5 nitrogen and oxygen atoms in total. The lowest BCUT2D eigenvalue weighted by atomic mass is 9.95. The first-order chi connectivity index (χ1) is 12.8. The minimum absolute atomic E-state index is 0.0121. The van der Waals surface area contributed by atoms with E-state index in [-0.39, 0.29) is 11.9 Å². The fraction of sp³-hybridized carbons (Fsp3) is 0.364. The van der Waals surface area contributed by atoms with Crippen molar-refractivity contribution in [2.45, 2.75) is 40.3 Å². The number of amides is 1. The topological polar surface area (TPSA) is 56.1 Å². The molecule has 27 heavy (non-hydrogen) atoms. The number of nitrogens with zero attached hydrogens (tertiary/aromatic N) is 2. The fourth-order valence-electron chi connectivity index (χ4n) is 2.98. The van der Waals surface area contributed by atoms with Gasteiger partial charge in [-0.2, -0.15) is 0 Å². The highest BCUT2D eigenvalue weighted by atomic mass is 16.5. The molecule has 1 heterocycles. The number of aromatic nitrogens is 2. The van der Waals surface area contributed by atoms with Crippen molar-refractivity contribution in [1.29, 1.82) is 0 Å². The summed E-state index contributed by atoms with van der Waals surface area (Å²) in [6.45, 7) is 8.39. The number of ether oxygens (including phenoxy) is 1. The SMILES string of the molecule is COc1ccc(Cn2c(C(C)NC(=O)C(C)(C)C)nc3ccccc32)cc1. The summed E-state index contributed by atoms with van der Waals surface area (Å²) in [7, 11) is 1.66. The van der Waals surface area contributed by atoms with Gasteiger partial charge in [0.05, 0.1) is 24.2 Å². The summed E-state index contributed by atoms with van der Waals surface area (Å²) < 4.78 is 7.42. The average Bonchev–Trinajstić information content (AvgIpc) is 3.00. The van der Waals surface area contributed by atoms with Crippen molar-refractivity contribution < 1.29 is 9.53 Å². The fourth-order valence-corrected chi connectivity index (χ4v) is 2.98. The van der Waals surface area contributed by atoms with Crippen LogP contribution >= 0.6 is 0 Å². The van der Waals surface area contributed by atoms with Gasteiger partial charge < -0.3 is 14.6 Å². The van der Waals surface area contributed by atoms with E-state index in [1.807, 2.05) is 58.0 Å². The normalized spacial score (nSPS) is 12.8. The summed E-state index contributed by atoms with van der Waals surface area (Å²) in [6.07, 6.45) is 0. The van der Waals surface area contributed by atoms with Gasteiger partial charge in [-0.05, 0) is 36.8 Å². The molecular weight excluding hydrogens is 338 g/mol. The van der Waals surface area contributed by atoms with Crippen LogP contribution in [-0.4, -0.2) is 22.6 Å². The highest BCUT2D eigenvalue weighted by Gasteiger charge is 2.25. The first-order valence-corrected chi connectivity index (χ1v) is 9.18. The largest absolute Gasteiger partial charge is 0.497 e. The molecule has 1 atom stereocenters. The molecule has 0 fully saturated rings. The minimum Gasteiger partial charge on any atom is -0.497 e. The third kappa shape index (κ3) is 4.13. The van der Waals surface area contributed by atoms with Crippen molar-refractivity contribution >= 4 is 16.9 Å². The van der Waals surface area contributed by atoms with E-state index in [1.165, 1.54) is 0 Å². The lowest BCUT2D eigenvalue weighted by molar-refractivity contribution is -0.129. The molecule has 0 aliphatic carbocycles. The van der Waals surface area contributed by atoms with Crippen molar-refractivity contribution in [1.82, 2.24) is 14.9 Å². The lowest BCUT2D eigenvalue weighted by Crippen LogP contribution is -2.37. The predicted molar refractivity (Wildman–Crippen MR) is 108 cm³/mol. The van der Waals surface area contributed by atoms with Gasteiger partial charge in [0.15, 0.2) is 0 Å². The van der Waals surface area contributed by atoms with Gasteiger partial charge in [0.1, 0.15) is 11.6 Å². The smallest absolute Gasteiger partial charge is 0.225 e. The summed E-state index contributed by atoms with van der Waals surface area (Å²) in [5.41, 5.74) is 2.69. The Balaban J connectivity index is 1.97. The van der Waals surface area contributed by atoms with Crippen LogP contribution in [-0.2, 0) is 11.3 Å². The van der Waals surface area contributed by atoms with E-state index in [2.05, 4.69) is 28.1 Å². The Kier molecular flexibility index (Phi) is 5.22. The van der Waals surface area contributed by atoms with Crippen molar-refractivity contribution in [2.75, 3.05) is 7.11 Å². The van der Waals surface area contributed by atoms with Crippen LogP contribution in [0.1, 0.15) is 45.1 Å². The number of fused-ring (bicyclic) bond motifs is 1. The van der Waals surface area contributed by atoms with Gasteiger partial charge in [0, 0.05) is 12.0 Å². The van der Waals surface area contributed by atoms with Crippen LogP contribution in [0.5, 0.6) is 5.75 Å². The number of carbonyl (C=O) groups excluding carboxylic acids is 1. The molecule has 0 bridgehead atoms. The second kappa shape index (κ2) is 7.43. The van der Waals surface area contributed by atoms with Crippen molar-refractivity contribution in [2.24, 2.45) is 5.41 Å². The third-order valence-electron chi connectivity index (χ3n) is 4.60. The Hall–Kier alpha value is -2.82. The zero-order valence-corrected chi connectivity index (χ0v) is 16.6. The van der Waals surface area contributed by atoms with Crippen LogP contribution in [0, 0.1) is 5.41 Å². The minimum atomic E-state index is -0.443. The van der Waals surface area contributed by atoms with E-state index in [1.54, 1.807) is 7.11 Å². The molecule has 0 saturated carbocycles. The van der Waals surface area contributed by atoms with Gasteiger partial charge in [-0.3, -0.25) is 4.79 Å². The number of hydrogen-bond acceptors (Lipinski definition) is 3. The van der Waals surface area contributed by atoms with Crippen molar-refractivity contribution in [3.63, 3.8) is 0 Å². The molecule has 1 amide bonds. The van der Waals surface area contributed by atoms with E-state index in [9.17, 15) is 4.79 Å². The molecular formula is C22H27N3O2. The molecule has 142 valence electrons. The molecule has 3 aromatic rings. The molecule has 0 saturated heterocycles. The summed E-state index contributed by atoms with van der Waals surface area (Å²) >= 11 is 0. The van der Waals surface area contributed by atoms with Gasteiger partial charge in [-0.15, -0.1) is 0 Å². The Morgan fingerprint density at radius 3 is 2.44 bits per heavy atom. The molecule has 0 spiro atoms. The second-order valence-electron chi connectivity index (χ2n) is 7.84. The molecule has 1 N–H and O–H groups in total. The van der Waals surface area contributed by atoms with Gasteiger partial charge in [-0.1, -0.05) is 45.0 Å². The van der Waals surface area contributed by atoms with Crippen LogP contribution < -0.4 is 10.1 Å². The number of hydrogen-bond donors (Lipinski definition) is 1. The number of carbonyl (C=O) groups is 1. The van der Waals surface area contributed by atoms with Crippen molar-refractivity contribution in [3.8, 4) is 5.75 Å². The van der Waals surface area contributed by atoms with Crippen LogP contribution in [0.15, 0.2) is 48.5 Å². The maximum absolute atomic E-state index is 12.4. The number of imidazole rings is 1. The van der Waals surface area contributed by atoms with Crippen LogP contribution in [0.4, 0.5) is 0 Å². The number of para-hydroxylation sites is 2. The van der Waals surface area contributed by atoms with Gasteiger partial charge in [0.25, 0.3) is 0 Å². The van der Waals surface area contributed by atoms with E-state index >= 15 is 0 Å². The van der Waals surface area contributed by atoms with Crippen molar-refractivity contribution in [3.05, 3.63) is 59.9 Å². The third-order valence-corrected chi connectivity index (χ3v) is 4.60. The maximum Gasteiger partial charge on any atom is 0.225 e. The van der Waals surface area contributed by atoms with E-state index < -0.39 is 5.41 Å². The van der Waals surface area contributed by atoms with Gasteiger partial charge >= 0.3 is 0 Å². The van der Waals surface area contributed by atoms with Crippen LogP contribution in [0.3, 0.4) is 0 Å². The zero-order valence-electron chi connectivity index (χ0n) is 16.6. The highest BCUT2D eigenvalue weighted by Crippen LogP contribution is 2.24. The van der Waals surface area contributed by atoms with E-state index in [4.69, 9.17) is 9.72 Å². The number of nitrogens with one attached hydrogen (secondary N) is 1. The number of rotatable bonds is 5. The molecule has 2 aromatic carbocycles. The molecule has 0 aliphatic rings. The maximum atomic E-state index is 12.4. The molecule has 0 radical (unpaired) electrons. The highest BCUT2D eigenvalue weighted by molar-refractivity contribution is 5.82. The molecule has 1 aromatic heterocycles. The Morgan fingerprint density at radius 2 is 1.81 bits per heavy atom. The summed E-state index contributed by atoms with van der Waals surface area (Å²) in [6, 6.07) is 15.9. The lowest BCUT2D eigenvalue weighted by Gasteiger charge is -2.22. The molecule has 1 unspecified atom stereocenters. The second-order valence-corrected chi connectivity index (χ2v) is 7.84. The first-order valence-electron chi connectivity index (χ1n) is 9.18. The number of methoxy groups -OCH3 is 1. The van der Waals surface area contributed by atoms with Crippen LogP contribution in [0.2, 0.25) is 0 Å². The first kappa shape index (κ1) is 19.0. The summed E-state index contributed by atoms with van der Waals surface area (Å²) in [5, 5.41) is 3.10. The van der Waals surface area contributed by atoms with Gasteiger partial charge in [0.2, 0.25) is 5.91 Å². The van der Waals surface area contributed by atoms with E-state index in [0.29, 0.717) is 6.54 Å². The number of benzene rings is 2. The Bertz CT molecular complexity index is 936. The zero-order chi connectivity index (χ0) is 19.6. The average molecular weight is 365 g/mol. The molecule has 3 rings (SSSR count).